The van der Waals surface area contributed by atoms with Crippen LogP contribution in [-0.2, 0) is 16.0 Å². The number of halogens is 1. The molecule has 24 heavy (non-hydrogen) atoms. The van der Waals surface area contributed by atoms with Crippen LogP contribution >= 0.6 is 11.6 Å². The molecule has 2 aromatic carbocycles. The number of carbonyl (C=O) groups is 2. The van der Waals surface area contributed by atoms with Crippen molar-refractivity contribution in [3.05, 3.63) is 76.3 Å². The number of ketones is 1. The van der Waals surface area contributed by atoms with Gasteiger partial charge in [0.1, 0.15) is 0 Å². The summed E-state index contributed by atoms with van der Waals surface area (Å²) in [6.45, 7) is 3.62. The molecule has 1 atom stereocenters. The van der Waals surface area contributed by atoms with Crippen LogP contribution in [0.25, 0.3) is 6.08 Å². The smallest absolute Gasteiger partial charge is 0.331 e. The summed E-state index contributed by atoms with van der Waals surface area (Å²) in [7, 11) is 0. The average Bonchev–Trinajstić information content (AvgIpc) is 2.60. The lowest BCUT2D eigenvalue weighted by atomic mass is 10.0. The molecule has 0 aliphatic rings. The topological polar surface area (TPSA) is 43.4 Å². The maximum atomic E-state index is 12.3. The lowest BCUT2D eigenvalue weighted by Gasteiger charge is -2.11. The van der Waals surface area contributed by atoms with Crippen LogP contribution in [0.4, 0.5) is 0 Å². The van der Waals surface area contributed by atoms with Gasteiger partial charge in [0.25, 0.3) is 0 Å². The molecule has 0 N–H and O–H groups in total. The Morgan fingerprint density at radius 3 is 2.29 bits per heavy atom. The van der Waals surface area contributed by atoms with E-state index < -0.39 is 12.1 Å². The fraction of sp³-hybridized carbons (Fsp3) is 0.200. The van der Waals surface area contributed by atoms with Crippen molar-refractivity contribution >= 4 is 29.4 Å². The number of carbonyl (C=O) groups excluding carboxylic acids is 2. The number of esters is 1. The Kier molecular flexibility index (Phi) is 6.33. The van der Waals surface area contributed by atoms with Crippen molar-refractivity contribution in [3.63, 3.8) is 0 Å². The second-order valence-corrected chi connectivity index (χ2v) is 5.82. The molecular weight excluding hydrogens is 324 g/mol. The fourth-order valence-corrected chi connectivity index (χ4v) is 2.27. The first-order chi connectivity index (χ1) is 11.5. The van der Waals surface area contributed by atoms with Gasteiger partial charge < -0.3 is 4.74 Å². The zero-order valence-corrected chi connectivity index (χ0v) is 14.4. The highest BCUT2D eigenvalue weighted by molar-refractivity contribution is 6.30. The maximum absolute atomic E-state index is 12.3. The van der Waals surface area contributed by atoms with Crippen molar-refractivity contribution < 1.29 is 14.3 Å². The molecule has 0 aromatic heterocycles. The summed E-state index contributed by atoms with van der Waals surface area (Å²) < 4.78 is 5.17. The van der Waals surface area contributed by atoms with Crippen LogP contribution in [0.15, 0.2) is 54.6 Å². The Hall–Kier alpha value is -2.39. The molecule has 0 radical (unpaired) electrons. The molecule has 0 heterocycles. The monoisotopic (exact) mass is 342 g/mol. The fourth-order valence-electron chi connectivity index (χ4n) is 2.14. The van der Waals surface area contributed by atoms with Gasteiger partial charge in [-0.05, 0) is 42.7 Å². The quantitative estimate of drug-likeness (QED) is 0.433. The molecule has 124 valence electrons. The van der Waals surface area contributed by atoms with Gasteiger partial charge in [-0.3, -0.25) is 4.79 Å². The molecule has 0 saturated carbocycles. The van der Waals surface area contributed by atoms with Crippen LogP contribution in [0.5, 0.6) is 0 Å². The third-order valence-corrected chi connectivity index (χ3v) is 3.84. The Morgan fingerprint density at radius 2 is 1.71 bits per heavy atom. The third-order valence-electron chi connectivity index (χ3n) is 3.59. The second-order valence-electron chi connectivity index (χ2n) is 5.38. The molecule has 0 aliphatic carbocycles. The number of ether oxygens (including phenoxy) is 1. The predicted octanol–water partition coefficient (Wildman–Crippen LogP) is 4.73. The molecule has 0 aliphatic heterocycles. The van der Waals surface area contributed by atoms with Gasteiger partial charge in [-0.25, -0.2) is 4.79 Å². The highest BCUT2D eigenvalue weighted by atomic mass is 35.5. The van der Waals surface area contributed by atoms with Crippen molar-refractivity contribution in [1.29, 1.82) is 0 Å². The minimum Gasteiger partial charge on any atom is -0.451 e. The highest BCUT2D eigenvalue weighted by Crippen LogP contribution is 2.12. The standard InChI is InChI=1S/C20H19ClO3/c1-3-15-4-9-17(10-5-15)20(23)14(2)24-19(22)13-8-16-6-11-18(21)12-7-16/h4-14H,3H2,1-2H3/b13-8+/t14-/m0/s1. The summed E-state index contributed by atoms with van der Waals surface area (Å²) in [5.74, 6) is -0.776. The largest absolute Gasteiger partial charge is 0.451 e. The second kappa shape index (κ2) is 8.46. The van der Waals surface area contributed by atoms with Crippen molar-refractivity contribution in [2.45, 2.75) is 26.4 Å². The number of hydrogen-bond donors (Lipinski definition) is 0. The van der Waals surface area contributed by atoms with Crippen LogP contribution in [0.3, 0.4) is 0 Å². The Labute approximate surface area is 146 Å². The van der Waals surface area contributed by atoms with Gasteiger partial charge >= 0.3 is 5.97 Å². The van der Waals surface area contributed by atoms with E-state index in [1.165, 1.54) is 6.08 Å². The minimum absolute atomic E-state index is 0.217. The Balaban J connectivity index is 1.94. The van der Waals surface area contributed by atoms with Gasteiger partial charge in [0.2, 0.25) is 5.78 Å². The van der Waals surface area contributed by atoms with E-state index in [4.69, 9.17) is 16.3 Å². The molecule has 4 heteroatoms. The third kappa shape index (κ3) is 5.07. The molecule has 3 nitrogen and oxygen atoms in total. The van der Waals surface area contributed by atoms with E-state index in [-0.39, 0.29) is 5.78 Å². The van der Waals surface area contributed by atoms with Crippen LogP contribution in [-0.4, -0.2) is 17.9 Å². The lowest BCUT2D eigenvalue weighted by Crippen LogP contribution is -2.23. The van der Waals surface area contributed by atoms with E-state index in [0.717, 1.165) is 17.5 Å². The summed E-state index contributed by atoms with van der Waals surface area (Å²) in [5.41, 5.74) is 2.52. The number of benzene rings is 2. The predicted molar refractivity (Wildman–Crippen MR) is 96.2 cm³/mol. The summed E-state index contributed by atoms with van der Waals surface area (Å²) in [5, 5.41) is 0.628. The van der Waals surface area contributed by atoms with Crippen LogP contribution in [0, 0.1) is 0 Å². The van der Waals surface area contributed by atoms with Crippen LogP contribution in [0.1, 0.15) is 35.3 Å². The molecule has 2 aromatic rings. The average molecular weight is 343 g/mol. The Bertz CT molecular complexity index is 730. The summed E-state index contributed by atoms with van der Waals surface area (Å²) in [6, 6.07) is 14.4. The van der Waals surface area contributed by atoms with E-state index >= 15 is 0 Å². The maximum Gasteiger partial charge on any atom is 0.331 e. The van der Waals surface area contributed by atoms with Crippen LogP contribution < -0.4 is 0 Å². The van der Waals surface area contributed by atoms with E-state index in [1.807, 2.05) is 19.1 Å². The van der Waals surface area contributed by atoms with E-state index in [2.05, 4.69) is 0 Å². The van der Waals surface area contributed by atoms with Crippen molar-refractivity contribution in [1.82, 2.24) is 0 Å². The number of rotatable bonds is 6. The lowest BCUT2D eigenvalue weighted by molar-refractivity contribution is -0.140. The summed E-state index contributed by atoms with van der Waals surface area (Å²) in [4.78, 5) is 24.1. The van der Waals surface area contributed by atoms with Gasteiger partial charge in [0, 0.05) is 16.7 Å². The van der Waals surface area contributed by atoms with E-state index in [9.17, 15) is 9.59 Å². The van der Waals surface area contributed by atoms with E-state index in [1.54, 1.807) is 49.4 Å². The van der Waals surface area contributed by atoms with Crippen molar-refractivity contribution in [3.8, 4) is 0 Å². The molecule has 0 bridgehead atoms. The molecule has 0 amide bonds. The van der Waals surface area contributed by atoms with Gasteiger partial charge in [-0.1, -0.05) is 54.9 Å². The molecule has 0 spiro atoms. The van der Waals surface area contributed by atoms with E-state index in [0.29, 0.717) is 10.6 Å². The number of aryl methyl sites for hydroxylation is 1. The van der Waals surface area contributed by atoms with Gasteiger partial charge in [0.15, 0.2) is 6.10 Å². The molecule has 0 fully saturated rings. The molecule has 2 rings (SSSR count). The number of Topliss-reactive ketones (excluding diaryl/α,β-unsaturated/α-hetero) is 1. The first-order valence-electron chi connectivity index (χ1n) is 7.77. The summed E-state index contributed by atoms with van der Waals surface area (Å²) in [6.07, 6.45) is 2.99. The molecular formula is C20H19ClO3. The van der Waals surface area contributed by atoms with Gasteiger partial charge in [-0.2, -0.15) is 0 Å². The Morgan fingerprint density at radius 1 is 1.08 bits per heavy atom. The minimum atomic E-state index is -0.833. The summed E-state index contributed by atoms with van der Waals surface area (Å²) >= 11 is 5.80. The van der Waals surface area contributed by atoms with Gasteiger partial charge in [-0.15, -0.1) is 0 Å². The zero-order chi connectivity index (χ0) is 17.5. The van der Waals surface area contributed by atoms with Crippen LogP contribution in [0.2, 0.25) is 5.02 Å². The number of hydrogen-bond acceptors (Lipinski definition) is 3. The van der Waals surface area contributed by atoms with Gasteiger partial charge in [0.05, 0.1) is 0 Å². The molecule has 0 saturated heterocycles. The van der Waals surface area contributed by atoms with Crippen molar-refractivity contribution in [2.75, 3.05) is 0 Å². The molecule has 0 unspecified atom stereocenters. The highest BCUT2D eigenvalue weighted by Gasteiger charge is 2.18. The first-order valence-corrected chi connectivity index (χ1v) is 8.15. The SMILES string of the molecule is CCc1ccc(C(=O)[C@H](C)OC(=O)/C=C/c2ccc(Cl)cc2)cc1. The first kappa shape index (κ1) is 18.0. The normalized spacial score (nSPS) is 12.1. The van der Waals surface area contributed by atoms with Crippen molar-refractivity contribution in [2.24, 2.45) is 0 Å². The zero-order valence-electron chi connectivity index (χ0n) is 13.7.